The number of nitrogens with zero attached hydrogens (tertiary/aromatic N) is 1. The molecular formula is C24H34N2O4. The average molecular weight is 415 g/mol. The van der Waals surface area contributed by atoms with Gasteiger partial charge in [0.1, 0.15) is 6.61 Å². The second kappa shape index (κ2) is 11.2. The van der Waals surface area contributed by atoms with E-state index in [1.54, 1.807) is 25.3 Å². The van der Waals surface area contributed by atoms with Gasteiger partial charge in [0.15, 0.2) is 11.5 Å². The van der Waals surface area contributed by atoms with Gasteiger partial charge >= 0.3 is 0 Å². The summed E-state index contributed by atoms with van der Waals surface area (Å²) in [5.41, 5.74) is 0.951. The first-order valence-electron chi connectivity index (χ1n) is 10.9. The van der Waals surface area contributed by atoms with E-state index in [0.717, 1.165) is 44.7 Å². The fraction of sp³-hybridized carbons (Fsp3) is 0.542. The number of ether oxygens (including phenoxy) is 3. The first-order valence-corrected chi connectivity index (χ1v) is 10.9. The minimum Gasteiger partial charge on any atom is -0.493 e. The van der Waals surface area contributed by atoms with Gasteiger partial charge in [0.05, 0.1) is 20.3 Å². The third kappa shape index (κ3) is 5.86. The molecule has 0 bridgehead atoms. The van der Waals surface area contributed by atoms with Crippen molar-refractivity contribution in [1.82, 2.24) is 10.2 Å². The molecule has 0 spiro atoms. The van der Waals surface area contributed by atoms with E-state index in [2.05, 4.69) is 16.8 Å². The highest BCUT2D eigenvalue weighted by Crippen LogP contribution is 2.34. The Morgan fingerprint density at radius 1 is 1.23 bits per heavy atom. The number of morpholine rings is 1. The van der Waals surface area contributed by atoms with Gasteiger partial charge in [-0.2, -0.15) is 0 Å². The van der Waals surface area contributed by atoms with Crippen LogP contribution < -0.4 is 14.8 Å². The lowest BCUT2D eigenvalue weighted by Crippen LogP contribution is -2.59. The Kier molecular flexibility index (Phi) is 8.34. The lowest BCUT2D eigenvalue weighted by Gasteiger charge is -2.48. The predicted octanol–water partition coefficient (Wildman–Crippen LogP) is 3.42. The van der Waals surface area contributed by atoms with Crippen LogP contribution in [0.5, 0.6) is 11.5 Å². The highest BCUT2D eigenvalue weighted by atomic mass is 16.5. The molecule has 1 N–H and O–H groups in total. The van der Waals surface area contributed by atoms with Gasteiger partial charge in [-0.1, -0.05) is 38.0 Å². The predicted molar refractivity (Wildman–Crippen MR) is 119 cm³/mol. The van der Waals surface area contributed by atoms with Crippen LogP contribution in [0, 0.1) is 0 Å². The van der Waals surface area contributed by atoms with E-state index < -0.39 is 0 Å². The standard InChI is InChI=1S/C24H34N2O4/c1-3-15-30-21-9-7-20(18-22(21)28-2)8-10-23(27)25-19-24(11-5-4-6-12-24)26-13-16-29-17-14-26/h3,7-10,18H,1,4-6,11-17,19H2,2H3,(H,25,27)/b10-8+. The monoisotopic (exact) mass is 414 g/mol. The number of hydrogen-bond donors (Lipinski definition) is 1. The van der Waals surface area contributed by atoms with Crippen LogP contribution in [0.15, 0.2) is 36.9 Å². The molecule has 0 radical (unpaired) electrons. The molecule has 1 aromatic carbocycles. The van der Waals surface area contributed by atoms with E-state index in [1.165, 1.54) is 19.3 Å². The summed E-state index contributed by atoms with van der Waals surface area (Å²) in [6, 6.07) is 5.61. The normalized spacial score (nSPS) is 19.4. The van der Waals surface area contributed by atoms with Crippen molar-refractivity contribution >= 4 is 12.0 Å². The van der Waals surface area contributed by atoms with Crippen LogP contribution >= 0.6 is 0 Å². The van der Waals surface area contributed by atoms with Crippen molar-refractivity contribution < 1.29 is 19.0 Å². The van der Waals surface area contributed by atoms with Gasteiger partial charge in [-0.15, -0.1) is 0 Å². The first-order chi connectivity index (χ1) is 14.7. The summed E-state index contributed by atoms with van der Waals surface area (Å²) >= 11 is 0. The van der Waals surface area contributed by atoms with E-state index in [9.17, 15) is 4.79 Å². The Bertz CT molecular complexity index is 735. The van der Waals surface area contributed by atoms with Gasteiger partial charge < -0.3 is 19.5 Å². The van der Waals surface area contributed by atoms with Crippen LogP contribution in [0.4, 0.5) is 0 Å². The Balaban J connectivity index is 1.59. The summed E-state index contributed by atoms with van der Waals surface area (Å²) in [5.74, 6) is 1.22. The lowest BCUT2D eigenvalue weighted by atomic mass is 9.79. The molecule has 2 aliphatic rings. The van der Waals surface area contributed by atoms with E-state index >= 15 is 0 Å². The van der Waals surface area contributed by atoms with Crippen molar-refractivity contribution in [3.63, 3.8) is 0 Å². The number of carbonyl (C=O) groups is 1. The van der Waals surface area contributed by atoms with Gasteiger partial charge in [0.2, 0.25) is 5.91 Å². The maximum absolute atomic E-state index is 12.5. The Hall–Kier alpha value is -2.31. The largest absolute Gasteiger partial charge is 0.493 e. The highest BCUT2D eigenvalue weighted by Gasteiger charge is 2.38. The van der Waals surface area contributed by atoms with Crippen LogP contribution in [0.3, 0.4) is 0 Å². The van der Waals surface area contributed by atoms with E-state index in [1.807, 2.05) is 18.2 Å². The molecule has 1 amide bonds. The molecule has 1 aliphatic heterocycles. The summed E-state index contributed by atoms with van der Waals surface area (Å²) in [7, 11) is 1.60. The summed E-state index contributed by atoms with van der Waals surface area (Å²) in [6.07, 6.45) is 11.1. The number of amides is 1. The summed E-state index contributed by atoms with van der Waals surface area (Å²) in [4.78, 5) is 15.1. The Morgan fingerprint density at radius 3 is 2.70 bits per heavy atom. The van der Waals surface area contributed by atoms with Crippen LogP contribution in [0.25, 0.3) is 6.08 Å². The topological polar surface area (TPSA) is 60.0 Å². The van der Waals surface area contributed by atoms with E-state index in [-0.39, 0.29) is 11.4 Å². The zero-order chi connectivity index (χ0) is 21.2. The summed E-state index contributed by atoms with van der Waals surface area (Å²) in [5, 5.41) is 3.15. The second-order valence-electron chi connectivity index (χ2n) is 7.95. The van der Waals surface area contributed by atoms with Gasteiger partial charge in [-0.05, 0) is 36.6 Å². The number of carbonyl (C=O) groups excluding carboxylic acids is 1. The third-order valence-corrected chi connectivity index (χ3v) is 6.03. The second-order valence-corrected chi connectivity index (χ2v) is 7.95. The van der Waals surface area contributed by atoms with Gasteiger partial charge in [0.25, 0.3) is 0 Å². The number of hydrogen-bond acceptors (Lipinski definition) is 5. The Labute approximate surface area is 179 Å². The van der Waals surface area contributed by atoms with Crippen LogP contribution in [-0.4, -0.2) is 62.9 Å². The molecular weight excluding hydrogens is 380 g/mol. The number of benzene rings is 1. The minimum absolute atomic E-state index is 0.0683. The fourth-order valence-corrected chi connectivity index (χ4v) is 4.39. The fourth-order valence-electron chi connectivity index (χ4n) is 4.39. The number of nitrogens with one attached hydrogen (secondary N) is 1. The van der Waals surface area contributed by atoms with Crippen molar-refractivity contribution in [1.29, 1.82) is 0 Å². The molecule has 0 atom stereocenters. The molecule has 6 heteroatoms. The number of rotatable bonds is 9. The third-order valence-electron chi connectivity index (χ3n) is 6.03. The smallest absolute Gasteiger partial charge is 0.244 e. The van der Waals surface area contributed by atoms with Crippen molar-refractivity contribution in [3.8, 4) is 11.5 Å². The van der Waals surface area contributed by atoms with E-state index in [4.69, 9.17) is 14.2 Å². The quantitative estimate of drug-likeness (QED) is 0.496. The summed E-state index contributed by atoms with van der Waals surface area (Å²) < 4.78 is 16.5. The summed E-state index contributed by atoms with van der Waals surface area (Å²) in [6.45, 7) is 8.22. The van der Waals surface area contributed by atoms with Crippen molar-refractivity contribution in [2.45, 2.75) is 37.6 Å². The molecule has 1 heterocycles. The molecule has 3 rings (SSSR count). The minimum atomic E-state index is -0.0702. The molecule has 1 aromatic rings. The highest BCUT2D eigenvalue weighted by molar-refractivity contribution is 5.91. The first kappa shape index (κ1) is 22.4. The molecule has 0 unspecified atom stereocenters. The molecule has 1 saturated carbocycles. The number of methoxy groups -OCH3 is 1. The lowest BCUT2D eigenvalue weighted by molar-refractivity contribution is -0.117. The zero-order valence-corrected chi connectivity index (χ0v) is 18.0. The molecule has 164 valence electrons. The molecule has 1 saturated heterocycles. The average Bonchev–Trinajstić information content (AvgIpc) is 2.81. The molecule has 0 aromatic heterocycles. The molecule has 1 aliphatic carbocycles. The molecule has 2 fully saturated rings. The maximum Gasteiger partial charge on any atom is 0.244 e. The van der Waals surface area contributed by atoms with Crippen LogP contribution in [0.1, 0.15) is 37.7 Å². The SMILES string of the molecule is C=CCOc1ccc(/C=C/C(=O)NCC2(N3CCOCC3)CCCCC2)cc1OC. The van der Waals surface area contributed by atoms with Gasteiger partial charge in [-0.25, -0.2) is 0 Å². The van der Waals surface area contributed by atoms with Crippen LogP contribution in [0.2, 0.25) is 0 Å². The maximum atomic E-state index is 12.5. The van der Waals surface area contributed by atoms with Crippen molar-refractivity contribution in [2.24, 2.45) is 0 Å². The van der Waals surface area contributed by atoms with Crippen LogP contribution in [-0.2, 0) is 9.53 Å². The van der Waals surface area contributed by atoms with Crippen molar-refractivity contribution in [3.05, 3.63) is 42.5 Å². The Morgan fingerprint density at radius 2 is 2.00 bits per heavy atom. The zero-order valence-electron chi connectivity index (χ0n) is 18.0. The van der Waals surface area contributed by atoms with Gasteiger partial charge in [0, 0.05) is 31.2 Å². The molecule has 30 heavy (non-hydrogen) atoms. The van der Waals surface area contributed by atoms with Gasteiger partial charge in [-0.3, -0.25) is 9.69 Å². The molecule has 6 nitrogen and oxygen atoms in total. The van der Waals surface area contributed by atoms with Crippen molar-refractivity contribution in [2.75, 3.05) is 46.6 Å². The van der Waals surface area contributed by atoms with E-state index in [0.29, 0.717) is 24.7 Å².